The van der Waals surface area contributed by atoms with Crippen LogP contribution in [0.5, 0.6) is 0 Å². The second-order valence-electron chi connectivity index (χ2n) is 4.22. The molecule has 0 amide bonds. The van der Waals surface area contributed by atoms with E-state index in [4.69, 9.17) is 4.74 Å². The maximum absolute atomic E-state index is 11.6. The summed E-state index contributed by atoms with van der Waals surface area (Å²) in [6, 6.07) is 5.33. The van der Waals surface area contributed by atoms with E-state index in [0.717, 1.165) is 16.0 Å². The highest BCUT2D eigenvalue weighted by Gasteiger charge is 2.09. The number of imidazole rings is 1. The van der Waals surface area contributed by atoms with Crippen LogP contribution in [-0.4, -0.2) is 22.1 Å². The molecule has 6 heteroatoms. The predicted octanol–water partition coefficient (Wildman–Crippen LogP) is 2.97. The van der Waals surface area contributed by atoms with E-state index in [2.05, 4.69) is 26.2 Å². The molecule has 20 heavy (non-hydrogen) atoms. The number of aromatic nitrogens is 2. The summed E-state index contributed by atoms with van der Waals surface area (Å²) in [6.45, 7) is 2.77. The molecule has 0 saturated carbocycles. The average Bonchev–Trinajstić information content (AvgIpc) is 2.83. The number of nitrogens with one attached hydrogen (secondary N) is 1. The lowest BCUT2D eigenvalue weighted by Crippen LogP contribution is -2.07. The summed E-state index contributed by atoms with van der Waals surface area (Å²) in [7, 11) is 1.95. The molecule has 106 valence electrons. The second-order valence-corrected chi connectivity index (χ2v) is 5.08. The van der Waals surface area contributed by atoms with Crippen LogP contribution in [0.3, 0.4) is 0 Å². The highest BCUT2D eigenvalue weighted by atomic mass is 79.9. The molecule has 0 atom stereocenters. The third-order valence-electron chi connectivity index (χ3n) is 2.84. The molecule has 0 spiro atoms. The predicted molar refractivity (Wildman–Crippen MR) is 80.6 cm³/mol. The Morgan fingerprint density at radius 3 is 2.90 bits per heavy atom. The number of nitrogens with zero attached hydrogens (tertiary/aromatic N) is 2. The minimum absolute atomic E-state index is 0.316. The van der Waals surface area contributed by atoms with Crippen molar-refractivity contribution in [1.82, 2.24) is 9.55 Å². The van der Waals surface area contributed by atoms with Gasteiger partial charge in [-0.05, 0) is 41.1 Å². The van der Waals surface area contributed by atoms with Crippen molar-refractivity contribution >= 4 is 27.6 Å². The number of carbonyl (C=O) groups is 1. The molecule has 0 saturated heterocycles. The number of rotatable bonds is 5. The number of halogens is 1. The minimum Gasteiger partial charge on any atom is -0.462 e. The van der Waals surface area contributed by atoms with Gasteiger partial charge in [-0.2, -0.15) is 0 Å². The first-order valence-electron chi connectivity index (χ1n) is 6.28. The first-order valence-corrected chi connectivity index (χ1v) is 7.08. The molecule has 0 aliphatic rings. The fourth-order valence-corrected chi connectivity index (χ4v) is 2.26. The Kier molecular flexibility index (Phi) is 4.79. The molecule has 0 unspecified atom stereocenters. The van der Waals surface area contributed by atoms with Gasteiger partial charge < -0.3 is 14.6 Å². The van der Waals surface area contributed by atoms with Crippen molar-refractivity contribution < 1.29 is 9.53 Å². The monoisotopic (exact) mass is 337 g/mol. The van der Waals surface area contributed by atoms with Crippen LogP contribution in [0, 0.1) is 0 Å². The van der Waals surface area contributed by atoms with Gasteiger partial charge in [0, 0.05) is 29.6 Å². The van der Waals surface area contributed by atoms with Gasteiger partial charge in [-0.1, -0.05) is 0 Å². The van der Waals surface area contributed by atoms with E-state index in [1.807, 2.05) is 23.9 Å². The maximum atomic E-state index is 11.6. The van der Waals surface area contributed by atoms with Gasteiger partial charge in [-0.25, -0.2) is 9.78 Å². The van der Waals surface area contributed by atoms with Gasteiger partial charge in [0.15, 0.2) is 0 Å². The summed E-state index contributed by atoms with van der Waals surface area (Å²) in [6.07, 6.45) is 3.66. The molecule has 2 aromatic rings. The molecular formula is C14H16BrN3O2. The van der Waals surface area contributed by atoms with Crippen LogP contribution in [0.2, 0.25) is 0 Å². The van der Waals surface area contributed by atoms with Crippen molar-refractivity contribution in [3.8, 4) is 0 Å². The highest BCUT2D eigenvalue weighted by molar-refractivity contribution is 9.10. The molecule has 1 heterocycles. The van der Waals surface area contributed by atoms with Gasteiger partial charge in [0.2, 0.25) is 0 Å². The Labute approximate surface area is 126 Å². The van der Waals surface area contributed by atoms with Gasteiger partial charge in [0.05, 0.1) is 18.7 Å². The zero-order valence-corrected chi connectivity index (χ0v) is 13.0. The van der Waals surface area contributed by atoms with Gasteiger partial charge >= 0.3 is 5.97 Å². The van der Waals surface area contributed by atoms with Crippen LogP contribution >= 0.6 is 15.9 Å². The van der Waals surface area contributed by atoms with E-state index in [1.165, 1.54) is 0 Å². The van der Waals surface area contributed by atoms with E-state index in [-0.39, 0.29) is 5.97 Å². The van der Waals surface area contributed by atoms with E-state index in [0.29, 0.717) is 18.7 Å². The standard InChI is InChI=1S/C14H16BrN3O2/c1-3-20-14(19)10-4-5-12(11(15)8-10)17-9-13-16-6-7-18(13)2/h4-8,17H,3,9H2,1-2H3. The first kappa shape index (κ1) is 14.6. The maximum Gasteiger partial charge on any atom is 0.338 e. The zero-order valence-electron chi connectivity index (χ0n) is 11.4. The summed E-state index contributed by atoms with van der Waals surface area (Å²) in [5, 5.41) is 3.27. The fourth-order valence-electron chi connectivity index (χ4n) is 1.74. The molecule has 0 fully saturated rings. The number of carbonyl (C=O) groups excluding carboxylic acids is 1. The second kappa shape index (κ2) is 6.56. The summed E-state index contributed by atoms with van der Waals surface area (Å²) < 4.78 is 7.73. The lowest BCUT2D eigenvalue weighted by molar-refractivity contribution is 0.0526. The van der Waals surface area contributed by atoms with Crippen molar-refractivity contribution in [2.45, 2.75) is 13.5 Å². The van der Waals surface area contributed by atoms with Gasteiger partial charge in [-0.3, -0.25) is 0 Å². The largest absolute Gasteiger partial charge is 0.462 e. The Morgan fingerprint density at radius 1 is 1.50 bits per heavy atom. The van der Waals surface area contributed by atoms with Crippen LogP contribution in [0.25, 0.3) is 0 Å². The first-order chi connectivity index (χ1) is 9.61. The molecule has 1 aromatic carbocycles. The van der Waals surface area contributed by atoms with Gasteiger partial charge in [-0.15, -0.1) is 0 Å². The fraction of sp³-hybridized carbons (Fsp3) is 0.286. The Bertz CT molecular complexity index is 610. The molecule has 1 aromatic heterocycles. The van der Waals surface area contributed by atoms with Crippen molar-refractivity contribution in [3.05, 3.63) is 46.5 Å². The van der Waals surface area contributed by atoms with E-state index < -0.39 is 0 Å². The zero-order chi connectivity index (χ0) is 14.5. The SMILES string of the molecule is CCOC(=O)c1ccc(NCc2nccn2C)c(Br)c1. The average molecular weight is 338 g/mol. The van der Waals surface area contributed by atoms with E-state index in [1.54, 1.807) is 25.3 Å². The Hall–Kier alpha value is -1.82. The number of hydrogen-bond acceptors (Lipinski definition) is 4. The number of anilines is 1. The number of ether oxygens (including phenoxy) is 1. The number of aryl methyl sites for hydroxylation is 1. The van der Waals surface area contributed by atoms with Crippen LogP contribution in [0.1, 0.15) is 23.1 Å². The van der Waals surface area contributed by atoms with Crippen LogP contribution in [0.4, 0.5) is 5.69 Å². The van der Waals surface area contributed by atoms with Gasteiger partial charge in [0.1, 0.15) is 5.82 Å². The lowest BCUT2D eigenvalue weighted by atomic mass is 10.2. The van der Waals surface area contributed by atoms with E-state index >= 15 is 0 Å². The normalized spacial score (nSPS) is 10.3. The minimum atomic E-state index is -0.316. The summed E-state index contributed by atoms with van der Waals surface area (Å²) in [4.78, 5) is 15.9. The highest BCUT2D eigenvalue weighted by Crippen LogP contribution is 2.24. The summed E-state index contributed by atoms with van der Waals surface area (Å²) in [5.41, 5.74) is 1.43. The summed E-state index contributed by atoms with van der Waals surface area (Å²) in [5.74, 6) is 0.621. The molecule has 1 N–H and O–H groups in total. The molecule has 0 aliphatic heterocycles. The third kappa shape index (κ3) is 3.39. The molecular weight excluding hydrogens is 322 g/mol. The quantitative estimate of drug-likeness (QED) is 0.852. The molecule has 0 radical (unpaired) electrons. The van der Waals surface area contributed by atoms with Crippen molar-refractivity contribution in [2.24, 2.45) is 7.05 Å². The third-order valence-corrected chi connectivity index (χ3v) is 3.49. The van der Waals surface area contributed by atoms with Crippen LogP contribution in [-0.2, 0) is 18.3 Å². The Balaban J connectivity index is 2.06. The van der Waals surface area contributed by atoms with E-state index in [9.17, 15) is 4.79 Å². The topological polar surface area (TPSA) is 56.1 Å². The Morgan fingerprint density at radius 2 is 2.30 bits per heavy atom. The lowest BCUT2D eigenvalue weighted by Gasteiger charge is -2.10. The van der Waals surface area contributed by atoms with Crippen molar-refractivity contribution in [1.29, 1.82) is 0 Å². The molecule has 5 nitrogen and oxygen atoms in total. The smallest absolute Gasteiger partial charge is 0.338 e. The molecule has 0 aliphatic carbocycles. The van der Waals surface area contributed by atoms with Crippen molar-refractivity contribution in [2.75, 3.05) is 11.9 Å². The molecule has 2 rings (SSSR count). The molecule has 0 bridgehead atoms. The number of esters is 1. The number of benzene rings is 1. The van der Waals surface area contributed by atoms with Crippen LogP contribution in [0.15, 0.2) is 35.1 Å². The van der Waals surface area contributed by atoms with Crippen molar-refractivity contribution in [3.63, 3.8) is 0 Å². The van der Waals surface area contributed by atoms with Gasteiger partial charge in [0.25, 0.3) is 0 Å². The number of hydrogen-bond donors (Lipinski definition) is 1. The summed E-state index contributed by atoms with van der Waals surface area (Å²) >= 11 is 3.45. The van der Waals surface area contributed by atoms with Crippen LogP contribution < -0.4 is 5.32 Å².